The van der Waals surface area contributed by atoms with Crippen molar-refractivity contribution in [3.8, 4) is 0 Å². The SMILES string of the molecule is CC(C)COCCn1nc2c(cc1=O)CNCC2. The molecule has 1 N–H and O–H groups in total. The van der Waals surface area contributed by atoms with E-state index in [-0.39, 0.29) is 5.56 Å². The maximum atomic E-state index is 11.8. The summed E-state index contributed by atoms with van der Waals surface area (Å²) in [5, 5.41) is 7.65. The van der Waals surface area contributed by atoms with Crippen molar-refractivity contribution in [2.75, 3.05) is 19.8 Å². The van der Waals surface area contributed by atoms with Crippen molar-refractivity contribution >= 4 is 0 Å². The van der Waals surface area contributed by atoms with Gasteiger partial charge in [-0.15, -0.1) is 0 Å². The van der Waals surface area contributed by atoms with E-state index in [9.17, 15) is 4.79 Å². The van der Waals surface area contributed by atoms with Gasteiger partial charge in [-0.2, -0.15) is 5.10 Å². The van der Waals surface area contributed by atoms with Gasteiger partial charge in [-0.1, -0.05) is 13.8 Å². The first-order chi connectivity index (χ1) is 8.66. The number of nitrogens with zero attached hydrogens (tertiary/aromatic N) is 2. The van der Waals surface area contributed by atoms with E-state index in [1.165, 1.54) is 4.68 Å². The zero-order chi connectivity index (χ0) is 13.0. The standard InChI is InChI=1S/C13H21N3O2/c1-10(2)9-18-6-5-16-13(17)7-11-8-14-4-3-12(11)15-16/h7,10,14H,3-6,8-9H2,1-2H3. The molecule has 0 saturated heterocycles. The number of hydrogen-bond acceptors (Lipinski definition) is 4. The van der Waals surface area contributed by atoms with Gasteiger partial charge in [0.2, 0.25) is 0 Å². The van der Waals surface area contributed by atoms with Gasteiger partial charge in [0.25, 0.3) is 5.56 Å². The molecule has 0 unspecified atom stereocenters. The smallest absolute Gasteiger partial charge is 0.267 e. The monoisotopic (exact) mass is 251 g/mol. The normalized spacial score (nSPS) is 14.8. The number of ether oxygens (including phenoxy) is 1. The fourth-order valence-electron chi connectivity index (χ4n) is 1.99. The Morgan fingerprint density at radius 1 is 1.56 bits per heavy atom. The number of aromatic nitrogens is 2. The number of fused-ring (bicyclic) bond motifs is 1. The van der Waals surface area contributed by atoms with Crippen LogP contribution in [0.25, 0.3) is 0 Å². The second-order valence-corrected chi connectivity index (χ2v) is 5.07. The zero-order valence-corrected chi connectivity index (χ0v) is 11.1. The van der Waals surface area contributed by atoms with E-state index in [1.807, 2.05) is 0 Å². The van der Waals surface area contributed by atoms with E-state index in [1.54, 1.807) is 6.07 Å². The van der Waals surface area contributed by atoms with Crippen LogP contribution in [0.3, 0.4) is 0 Å². The van der Waals surface area contributed by atoms with Crippen LogP contribution in [0.2, 0.25) is 0 Å². The van der Waals surface area contributed by atoms with Crippen molar-refractivity contribution < 1.29 is 4.74 Å². The molecular formula is C13H21N3O2. The van der Waals surface area contributed by atoms with Gasteiger partial charge in [-0.25, -0.2) is 4.68 Å². The second-order valence-electron chi connectivity index (χ2n) is 5.07. The van der Waals surface area contributed by atoms with E-state index in [4.69, 9.17) is 4.74 Å². The van der Waals surface area contributed by atoms with E-state index < -0.39 is 0 Å². The summed E-state index contributed by atoms with van der Waals surface area (Å²) < 4.78 is 7.00. The molecule has 0 amide bonds. The third-order valence-electron chi connectivity index (χ3n) is 2.92. The lowest BCUT2D eigenvalue weighted by atomic mass is 10.1. The van der Waals surface area contributed by atoms with Gasteiger partial charge in [0.1, 0.15) is 0 Å². The van der Waals surface area contributed by atoms with Crippen LogP contribution < -0.4 is 10.9 Å². The highest BCUT2D eigenvalue weighted by atomic mass is 16.5. The molecule has 0 saturated carbocycles. The van der Waals surface area contributed by atoms with E-state index in [2.05, 4.69) is 24.3 Å². The molecule has 0 fully saturated rings. The molecule has 0 aliphatic carbocycles. The van der Waals surface area contributed by atoms with Crippen LogP contribution in [0.5, 0.6) is 0 Å². The summed E-state index contributed by atoms with van der Waals surface area (Å²) in [7, 11) is 0. The quantitative estimate of drug-likeness (QED) is 0.777. The summed E-state index contributed by atoms with van der Waals surface area (Å²) in [5.74, 6) is 0.518. The fraction of sp³-hybridized carbons (Fsp3) is 0.692. The highest BCUT2D eigenvalue weighted by molar-refractivity contribution is 5.20. The van der Waals surface area contributed by atoms with Crippen LogP contribution in [-0.4, -0.2) is 29.5 Å². The van der Waals surface area contributed by atoms with Gasteiger partial charge in [0, 0.05) is 32.2 Å². The maximum Gasteiger partial charge on any atom is 0.267 e. The minimum absolute atomic E-state index is 0.0365. The molecule has 0 radical (unpaired) electrons. The molecule has 100 valence electrons. The molecule has 0 aromatic carbocycles. The summed E-state index contributed by atoms with van der Waals surface area (Å²) in [5.41, 5.74) is 2.04. The molecule has 5 heteroatoms. The maximum absolute atomic E-state index is 11.8. The molecule has 5 nitrogen and oxygen atoms in total. The van der Waals surface area contributed by atoms with Crippen molar-refractivity contribution in [1.29, 1.82) is 0 Å². The summed E-state index contributed by atoms with van der Waals surface area (Å²) in [6.07, 6.45) is 0.891. The van der Waals surface area contributed by atoms with Gasteiger partial charge in [-0.3, -0.25) is 4.79 Å². The average Bonchev–Trinajstić information content (AvgIpc) is 2.34. The molecule has 2 rings (SSSR count). The zero-order valence-electron chi connectivity index (χ0n) is 11.1. The first kappa shape index (κ1) is 13.2. The molecule has 0 atom stereocenters. The molecule has 0 bridgehead atoms. The summed E-state index contributed by atoms with van der Waals surface area (Å²) in [6.45, 7) is 7.70. The van der Waals surface area contributed by atoms with Gasteiger partial charge in [0.05, 0.1) is 18.8 Å². The molecule has 2 heterocycles. The largest absolute Gasteiger partial charge is 0.379 e. The molecule has 18 heavy (non-hydrogen) atoms. The Kier molecular flexibility index (Phi) is 4.49. The van der Waals surface area contributed by atoms with Gasteiger partial charge in [-0.05, 0) is 11.5 Å². The molecule has 1 aliphatic heterocycles. The molecule has 1 aromatic rings. The molecular weight excluding hydrogens is 230 g/mol. The Morgan fingerprint density at radius 3 is 3.17 bits per heavy atom. The average molecular weight is 251 g/mol. The third-order valence-corrected chi connectivity index (χ3v) is 2.92. The van der Waals surface area contributed by atoms with Crippen LogP contribution in [-0.2, 0) is 24.2 Å². The lowest BCUT2D eigenvalue weighted by Crippen LogP contribution is -2.32. The lowest BCUT2D eigenvalue weighted by molar-refractivity contribution is 0.0998. The van der Waals surface area contributed by atoms with Gasteiger partial charge >= 0.3 is 0 Å². The summed E-state index contributed by atoms with van der Waals surface area (Å²) in [6, 6.07) is 1.69. The van der Waals surface area contributed by atoms with Crippen LogP contribution in [0, 0.1) is 5.92 Å². The van der Waals surface area contributed by atoms with E-state index in [0.29, 0.717) is 19.1 Å². The minimum atomic E-state index is -0.0365. The van der Waals surface area contributed by atoms with Crippen LogP contribution in [0.1, 0.15) is 25.1 Å². The fourth-order valence-corrected chi connectivity index (χ4v) is 1.99. The number of rotatable bonds is 5. The number of nitrogens with one attached hydrogen (secondary N) is 1. The van der Waals surface area contributed by atoms with Crippen molar-refractivity contribution in [2.24, 2.45) is 5.92 Å². The number of hydrogen-bond donors (Lipinski definition) is 1. The Bertz CT molecular complexity index is 454. The predicted molar refractivity (Wildman–Crippen MR) is 69.6 cm³/mol. The third kappa shape index (κ3) is 3.40. The highest BCUT2D eigenvalue weighted by Crippen LogP contribution is 2.07. The van der Waals surface area contributed by atoms with Crippen LogP contribution >= 0.6 is 0 Å². The van der Waals surface area contributed by atoms with Crippen LogP contribution in [0.4, 0.5) is 0 Å². The molecule has 1 aliphatic rings. The van der Waals surface area contributed by atoms with Crippen molar-refractivity contribution in [2.45, 2.75) is 33.4 Å². The van der Waals surface area contributed by atoms with Crippen molar-refractivity contribution in [1.82, 2.24) is 15.1 Å². The topological polar surface area (TPSA) is 56.2 Å². The molecule has 0 spiro atoms. The Labute approximate surface area is 107 Å². The second kappa shape index (κ2) is 6.11. The summed E-state index contributed by atoms with van der Waals surface area (Å²) in [4.78, 5) is 11.8. The molecule has 1 aromatic heterocycles. The summed E-state index contributed by atoms with van der Waals surface area (Å²) >= 11 is 0. The van der Waals surface area contributed by atoms with Gasteiger partial charge in [0.15, 0.2) is 0 Å². The Morgan fingerprint density at radius 2 is 2.39 bits per heavy atom. The van der Waals surface area contributed by atoms with Crippen molar-refractivity contribution in [3.63, 3.8) is 0 Å². The Hall–Kier alpha value is -1.20. The van der Waals surface area contributed by atoms with E-state index >= 15 is 0 Å². The van der Waals surface area contributed by atoms with E-state index in [0.717, 1.165) is 37.4 Å². The van der Waals surface area contributed by atoms with Crippen molar-refractivity contribution in [3.05, 3.63) is 27.7 Å². The minimum Gasteiger partial charge on any atom is -0.379 e. The first-order valence-electron chi connectivity index (χ1n) is 6.55. The lowest BCUT2D eigenvalue weighted by Gasteiger charge is -2.17. The Balaban J connectivity index is 1.98. The first-order valence-corrected chi connectivity index (χ1v) is 6.55. The highest BCUT2D eigenvalue weighted by Gasteiger charge is 2.12. The predicted octanol–water partition coefficient (Wildman–Crippen LogP) is 0.562. The van der Waals surface area contributed by atoms with Crippen LogP contribution in [0.15, 0.2) is 10.9 Å². The van der Waals surface area contributed by atoms with Gasteiger partial charge < -0.3 is 10.1 Å².